The Hall–Kier alpha value is -0.670. The van der Waals surface area contributed by atoms with Gasteiger partial charge in [-0.15, -0.1) is 46.7 Å². The zero-order valence-corrected chi connectivity index (χ0v) is 16.4. The van der Waals surface area contributed by atoms with Crippen LogP contribution in [0.3, 0.4) is 0 Å². The van der Waals surface area contributed by atoms with Crippen LogP contribution in [-0.2, 0) is 19.5 Å². The molecule has 0 saturated carbocycles. The molecule has 0 fully saturated rings. The van der Waals surface area contributed by atoms with Crippen molar-refractivity contribution in [2.45, 2.75) is 33.4 Å². The molecular weight excluding hydrogens is 415 g/mol. The number of nitrogens with one attached hydrogen (secondary N) is 2. The smallest absolute Gasteiger partial charge is 0.191 e. The van der Waals surface area contributed by atoms with Gasteiger partial charge in [0, 0.05) is 27.9 Å². The van der Waals surface area contributed by atoms with Gasteiger partial charge >= 0.3 is 0 Å². The van der Waals surface area contributed by atoms with E-state index >= 15 is 0 Å². The first-order valence-corrected chi connectivity index (χ1v) is 8.34. The Balaban J connectivity index is 0.00000220. The van der Waals surface area contributed by atoms with Crippen LogP contribution in [-0.4, -0.2) is 18.0 Å². The average Bonchev–Trinajstić information content (AvgIpc) is 3.08. The van der Waals surface area contributed by atoms with Gasteiger partial charge in [0.2, 0.25) is 0 Å². The van der Waals surface area contributed by atoms with Crippen LogP contribution in [0.25, 0.3) is 0 Å². The highest BCUT2D eigenvalue weighted by atomic mass is 127. The predicted octanol–water partition coefficient (Wildman–Crippen LogP) is 3.56. The number of guanidine groups is 1. The van der Waals surface area contributed by atoms with Gasteiger partial charge in [0.1, 0.15) is 5.01 Å². The maximum atomic E-state index is 4.42. The number of thiazole rings is 1. The number of rotatable bonds is 5. The van der Waals surface area contributed by atoms with Crippen molar-refractivity contribution in [3.05, 3.63) is 38.0 Å². The number of thiophene rings is 1. The van der Waals surface area contributed by atoms with E-state index in [9.17, 15) is 0 Å². The molecule has 2 N–H and O–H groups in total. The largest absolute Gasteiger partial charge is 0.352 e. The summed E-state index contributed by atoms with van der Waals surface area (Å²) in [6.07, 6.45) is 1.10. The molecule has 2 aromatic heterocycles. The van der Waals surface area contributed by atoms with Gasteiger partial charge in [-0.05, 0) is 25.5 Å². The highest BCUT2D eigenvalue weighted by Crippen LogP contribution is 2.16. The number of aryl methyl sites for hydroxylation is 2. The van der Waals surface area contributed by atoms with E-state index in [-0.39, 0.29) is 24.0 Å². The molecule has 4 nitrogen and oxygen atoms in total. The number of aliphatic imine (C=N–C) groups is 1. The van der Waals surface area contributed by atoms with Gasteiger partial charge in [-0.2, -0.15) is 0 Å². The van der Waals surface area contributed by atoms with Crippen LogP contribution in [0.15, 0.2) is 22.5 Å². The molecular formula is C14H21IN4S2. The van der Waals surface area contributed by atoms with Crippen molar-refractivity contribution in [2.75, 3.05) is 7.05 Å². The lowest BCUT2D eigenvalue weighted by molar-refractivity contribution is 0.809. The Morgan fingerprint density at radius 1 is 1.24 bits per heavy atom. The van der Waals surface area contributed by atoms with Crippen LogP contribution in [0, 0.1) is 6.92 Å². The second-order valence-corrected chi connectivity index (χ2v) is 6.58. The molecule has 2 heterocycles. The van der Waals surface area contributed by atoms with Crippen LogP contribution in [0.4, 0.5) is 0 Å². The third kappa shape index (κ3) is 5.91. The molecule has 0 unspecified atom stereocenters. The minimum absolute atomic E-state index is 0. The Kier molecular flexibility index (Phi) is 8.20. The molecule has 0 saturated heterocycles. The van der Waals surface area contributed by atoms with Crippen molar-refractivity contribution in [2.24, 2.45) is 4.99 Å². The first-order valence-electron chi connectivity index (χ1n) is 6.64. The van der Waals surface area contributed by atoms with Crippen molar-refractivity contribution in [3.8, 4) is 0 Å². The molecule has 2 aromatic rings. The summed E-state index contributed by atoms with van der Waals surface area (Å²) in [5, 5.41) is 9.75. The number of aromatic nitrogens is 1. The summed E-state index contributed by atoms with van der Waals surface area (Å²) in [7, 11) is 1.79. The van der Waals surface area contributed by atoms with Gasteiger partial charge in [0.15, 0.2) is 5.96 Å². The van der Waals surface area contributed by atoms with Crippen LogP contribution in [0.5, 0.6) is 0 Å². The Labute approximate surface area is 151 Å². The van der Waals surface area contributed by atoms with E-state index in [1.807, 2.05) is 18.3 Å². The van der Waals surface area contributed by atoms with E-state index in [4.69, 9.17) is 0 Å². The summed E-state index contributed by atoms with van der Waals surface area (Å²) in [6, 6.07) is 4.37. The molecule has 0 radical (unpaired) electrons. The van der Waals surface area contributed by atoms with E-state index in [2.05, 4.69) is 45.0 Å². The first kappa shape index (κ1) is 18.4. The molecule has 0 amide bonds. The van der Waals surface area contributed by atoms with Gasteiger partial charge in [-0.3, -0.25) is 4.99 Å². The molecule has 0 aliphatic heterocycles. The Morgan fingerprint density at radius 3 is 2.52 bits per heavy atom. The Morgan fingerprint density at radius 2 is 1.95 bits per heavy atom. The molecule has 0 bridgehead atoms. The monoisotopic (exact) mass is 436 g/mol. The summed E-state index contributed by atoms with van der Waals surface area (Å²) in [5.74, 6) is 0.810. The van der Waals surface area contributed by atoms with Gasteiger partial charge in [-0.1, -0.05) is 6.92 Å². The topological polar surface area (TPSA) is 49.3 Å². The highest BCUT2D eigenvalue weighted by Gasteiger charge is 2.03. The van der Waals surface area contributed by atoms with Crippen LogP contribution >= 0.6 is 46.7 Å². The maximum Gasteiger partial charge on any atom is 0.191 e. The van der Waals surface area contributed by atoms with E-state index in [1.54, 1.807) is 18.4 Å². The summed E-state index contributed by atoms with van der Waals surface area (Å²) in [5.41, 5.74) is 1.07. The zero-order valence-electron chi connectivity index (χ0n) is 12.5. The molecule has 7 heteroatoms. The molecule has 21 heavy (non-hydrogen) atoms. The summed E-state index contributed by atoms with van der Waals surface area (Å²) < 4.78 is 0. The van der Waals surface area contributed by atoms with E-state index in [0.29, 0.717) is 6.54 Å². The fourth-order valence-corrected chi connectivity index (χ4v) is 3.35. The Bertz CT molecular complexity index is 577. The molecule has 0 spiro atoms. The fraction of sp³-hybridized carbons (Fsp3) is 0.429. The predicted molar refractivity (Wildman–Crippen MR) is 103 cm³/mol. The lowest BCUT2D eigenvalue weighted by atomic mass is 10.4. The van der Waals surface area contributed by atoms with E-state index < -0.39 is 0 Å². The normalized spacial score (nSPS) is 11.1. The van der Waals surface area contributed by atoms with Gasteiger partial charge in [-0.25, -0.2) is 4.98 Å². The van der Waals surface area contributed by atoms with Crippen molar-refractivity contribution >= 4 is 52.6 Å². The quantitative estimate of drug-likeness (QED) is 0.428. The number of halogens is 1. The summed E-state index contributed by atoms with van der Waals surface area (Å²) >= 11 is 3.52. The fourth-order valence-electron chi connectivity index (χ4n) is 1.74. The van der Waals surface area contributed by atoms with E-state index in [0.717, 1.165) is 29.6 Å². The van der Waals surface area contributed by atoms with Crippen LogP contribution < -0.4 is 10.6 Å². The van der Waals surface area contributed by atoms with Gasteiger partial charge in [0.25, 0.3) is 0 Å². The molecule has 0 aliphatic carbocycles. The maximum absolute atomic E-state index is 4.42. The SMILES string of the molecule is CCc1ccc(CNC(=NC)NCc2nc(C)cs2)s1.I. The summed E-state index contributed by atoms with van der Waals surface area (Å²) in [6.45, 7) is 5.71. The minimum atomic E-state index is 0. The number of hydrogen-bond donors (Lipinski definition) is 2. The van der Waals surface area contributed by atoms with Crippen molar-refractivity contribution in [3.63, 3.8) is 0 Å². The van der Waals surface area contributed by atoms with Crippen molar-refractivity contribution in [1.82, 2.24) is 15.6 Å². The number of nitrogens with zero attached hydrogens (tertiary/aromatic N) is 2. The van der Waals surface area contributed by atoms with Crippen molar-refractivity contribution in [1.29, 1.82) is 0 Å². The van der Waals surface area contributed by atoms with Crippen molar-refractivity contribution < 1.29 is 0 Å². The zero-order chi connectivity index (χ0) is 14.4. The molecule has 2 rings (SSSR count). The van der Waals surface area contributed by atoms with Gasteiger partial charge < -0.3 is 10.6 Å². The summed E-state index contributed by atoms with van der Waals surface area (Å²) in [4.78, 5) is 11.4. The molecule has 0 aliphatic rings. The van der Waals surface area contributed by atoms with Gasteiger partial charge in [0.05, 0.1) is 13.1 Å². The second kappa shape index (κ2) is 9.37. The van der Waals surface area contributed by atoms with E-state index in [1.165, 1.54) is 9.75 Å². The lowest BCUT2D eigenvalue weighted by Gasteiger charge is -2.09. The standard InChI is InChI=1S/C14H20N4S2.HI/c1-4-11-5-6-12(20-11)7-16-14(15-3)17-8-13-18-10(2)9-19-13;/h5-6,9H,4,7-8H2,1-3H3,(H2,15,16,17);1H. The average molecular weight is 436 g/mol. The van der Waals surface area contributed by atoms with Crippen LogP contribution in [0.2, 0.25) is 0 Å². The molecule has 0 aromatic carbocycles. The van der Waals surface area contributed by atoms with Crippen LogP contribution in [0.1, 0.15) is 27.4 Å². The minimum Gasteiger partial charge on any atom is -0.352 e. The lowest BCUT2D eigenvalue weighted by Crippen LogP contribution is -2.36. The number of hydrogen-bond acceptors (Lipinski definition) is 4. The molecule has 0 atom stereocenters. The second-order valence-electron chi connectivity index (χ2n) is 4.38. The molecule has 116 valence electrons. The third-order valence-corrected chi connectivity index (χ3v) is 4.99. The highest BCUT2D eigenvalue weighted by molar-refractivity contribution is 14.0. The first-order chi connectivity index (χ1) is 9.71. The third-order valence-electron chi connectivity index (χ3n) is 2.79.